The molecule has 6 nitrogen and oxygen atoms in total. The fourth-order valence-electron chi connectivity index (χ4n) is 3.38. The third-order valence-corrected chi connectivity index (χ3v) is 4.86. The molecule has 1 fully saturated rings. The minimum atomic E-state index is -2.60. The first kappa shape index (κ1) is 20.3. The van der Waals surface area contributed by atoms with Gasteiger partial charge in [0.1, 0.15) is 12.4 Å². The van der Waals surface area contributed by atoms with Gasteiger partial charge < -0.3 is 10.6 Å². The van der Waals surface area contributed by atoms with E-state index in [1.54, 1.807) is 0 Å². The lowest BCUT2D eigenvalue weighted by Gasteiger charge is -2.33. The smallest absolute Gasteiger partial charge is 0.319 e. The van der Waals surface area contributed by atoms with E-state index in [2.05, 4.69) is 49.8 Å². The van der Waals surface area contributed by atoms with Crippen molar-refractivity contribution in [3.63, 3.8) is 0 Å². The highest BCUT2D eigenvalue weighted by atomic mass is 19.3. The summed E-state index contributed by atoms with van der Waals surface area (Å²) in [5.74, 6) is 0.901. The molecule has 8 heteroatoms. The number of benzene rings is 1. The summed E-state index contributed by atoms with van der Waals surface area (Å²) in [6.07, 6.45) is 4.68. The summed E-state index contributed by atoms with van der Waals surface area (Å²) in [4.78, 5) is 10.9. The molecule has 0 atom stereocenters. The van der Waals surface area contributed by atoms with E-state index in [0.29, 0.717) is 18.5 Å². The minimum absolute atomic E-state index is 0.111. The number of guanidine groups is 1. The van der Waals surface area contributed by atoms with Gasteiger partial charge in [0.05, 0.1) is 0 Å². The van der Waals surface area contributed by atoms with E-state index in [0.717, 1.165) is 37.0 Å². The Bertz CT molecular complexity index is 738. The number of nitrogens with zero attached hydrogens (tertiary/aromatic N) is 4. The number of hydrogen-bond acceptors (Lipinski definition) is 3. The fourth-order valence-corrected chi connectivity index (χ4v) is 3.38. The first-order valence-corrected chi connectivity index (χ1v) is 9.76. The lowest BCUT2D eigenvalue weighted by atomic mass is 10.0. The third-order valence-electron chi connectivity index (χ3n) is 4.86. The van der Waals surface area contributed by atoms with E-state index < -0.39 is 6.55 Å². The molecule has 1 aliphatic rings. The predicted molar refractivity (Wildman–Crippen MR) is 106 cm³/mol. The number of hydrogen-bond donors (Lipinski definition) is 2. The molecule has 0 spiro atoms. The van der Waals surface area contributed by atoms with Crippen molar-refractivity contribution in [2.45, 2.75) is 45.4 Å². The number of imidazole rings is 1. The Morgan fingerprint density at radius 1 is 1.25 bits per heavy atom. The Morgan fingerprint density at radius 2 is 2.00 bits per heavy atom. The zero-order valence-corrected chi connectivity index (χ0v) is 16.2. The maximum atomic E-state index is 12.9. The van der Waals surface area contributed by atoms with Crippen molar-refractivity contribution in [1.82, 2.24) is 25.1 Å². The Labute approximate surface area is 164 Å². The van der Waals surface area contributed by atoms with Gasteiger partial charge in [0, 0.05) is 44.6 Å². The highest BCUT2D eigenvalue weighted by molar-refractivity contribution is 5.80. The van der Waals surface area contributed by atoms with Gasteiger partial charge in [0.15, 0.2) is 5.96 Å². The second-order valence-corrected chi connectivity index (χ2v) is 6.90. The lowest BCUT2D eigenvalue weighted by molar-refractivity contribution is 0.0671. The van der Waals surface area contributed by atoms with Crippen molar-refractivity contribution >= 4 is 5.96 Å². The second-order valence-electron chi connectivity index (χ2n) is 6.90. The maximum Gasteiger partial charge on any atom is 0.319 e. The minimum Gasteiger partial charge on any atom is -0.357 e. The summed E-state index contributed by atoms with van der Waals surface area (Å²) in [6.45, 7) is 3.21. The number of rotatable bonds is 7. The Kier molecular flexibility index (Phi) is 7.36. The molecule has 2 heterocycles. The van der Waals surface area contributed by atoms with Gasteiger partial charge in [-0.25, -0.2) is 9.98 Å². The quantitative estimate of drug-likeness (QED) is 0.564. The monoisotopic (exact) mass is 390 g/mol. The average Bonchev–Trinajstić information content (AvgIpc) is 3.18. The van der Waals surface area contributed by atoms with Crippen LogP contribution in [0.2, 0.25) is 0 Å². The van der Waals surface area contributed by atoms with Gasteiger partial charge in [-0.3, -0.25) is 9.47 Å². The molecule has 0 unspecified atom stereocenters. The fraction of sp³-hybridized carbons (Fsp3) is 0.500. The summed E-state index contributed by atoms with van der Waals surface area (Å²) >= 11 is 0. The van der Waals surface area contributed by atoms with Crippen LogP contribution in [0.1, 0.15) is 37.7 Å². The third kappa shape index (κ3) is 5.76. The molecule has 3 rings (SSSR count). The van der Waals surface area contributed by atoms with E-state index in [4.69, 9.17) is 0 Å². The van der Waals surface area contributed by atoms with Crippen molar-refractivity contribution in [2.75, 3.05) is 19.6 Å². The van der Waals surface area contributed by atoms with Crippen molar-refractivity contribution in [2.24, 2.45) is 4.99 Å². The normalized spacial score (nSPS) is 16.5. The molecule has 0 amide bonds. The van der Waals surface area contributed by atoms with Gasteiger partial charge in [-0.05, 0) is 25.3 Å². The number of alkyl halides is 2. The standard InChI is InChI=1S/C20H28F2N6/c1-2-23-20(25-14-18-24-10-13-28(18)19(21)22)26-17-8-11-27(12-9-17)15-16-6-4-3-5-7-16/h3-7,10,13,17,19H,2,8-9,11-12,14-15H2,1H3,(H2,23,25,26). The highest BCUT2D eigenvalue weighted by Crippen LogP contribution is 2.15. The van der Waals surface area contributed by atoms with Crippen LogP contribution in [0.4, 0.5) is 8.78 Å². The van der Waals surface area contributed by atoms with Gasteiger partial charge in [-0.1, -0.05) is 30.3 Å². The molecule has 1 aromatic carbocycles. The molecule has 28 heavy (non-hydrogen) atoms. The molecule has 1 aromatic heterocycles. The molecule has 0 saturated carbocycles. The molecule has 1 aliphatic heterocycles. The van der Waals surface area contributed by atoms with Crippen LogP contribution in [0, 0.1) is 0 Å². The SMILES string of the molecule is CCNC(=NCc1nccn1C(F)F)NC1CCN(Cc2ccccc2)CC1. The summed E-state index contributed by atoms with van der Waals surface area (Å²) in [7, 11) is 0. The molecule has 2 N–H and O–H groups in total. The number of nitrogens with one attached hydrogen (secondary N) is 2. The van der Waals surface area contributed by atoms with Crippen LogP contribution in [-0.2, 0) is 13.1 Å². The molecule has 1 saturated heterocycles. The first-order valence-electron chi connectivity index (χ1n) is 9.76. The summed E-state index contributed by atoms with van der Waals surface area (Å²) in [6, 6.07) is 10.8. The van der Waals surface area contributed by atoms with E-state index in [9.17, 15) is 8.78 Å². The number of likely N-dealkylation sites (tertiary alicyclic amines) is 1. The van der Waals surface area contributed by atoms with E-state index in [-0.39, 0.29) is 12.4 Å². The van der Waals surface area contributed by atoms with Gasteiger partial charge in [0.25, 0.3) is 0 Å². The van der Waals surface area contributed by atoms with Crippen LogP contribution in [0.15, 0.2) is 47.7 Å². The van der Waals surface area contributed by atoms with Crippen LogP contribution in [0.3, 0.4) is 0 Å². The summed E-state index contributed by atoms with van der Waals surface area (Å²) in [5.41, 5.74) is 1.33. The molecule has 0 bridgehead atoms. The Hall–Kier alpha value is -2.48. The lowest BCUT2D eigenvalue weighted by Crippen LogP contribution is -2.48. The average molecular weight is 390 g/mol. The van der Waals surface area contributed by atoms with Crippen molar-refractivity contribution < 1.29 is 8.78 Å². The molecule has 0 aliphatic carbocycles. The predicted octanol–water partition coefficient (Wildman–Crippen LogP) is 3.00. The van der Waals surface area contributed by atoms with E-state index in [1.165, 1.54) is 18.0 Å². The maximum absolute atomic E-state index is 12.9. The van der Waals surface area contributed by atoms with Crippen LogP contribution in [0.25, 0.3) is 0 Å². The molecular weight excluding hydrogens is 362 g/mol. The second kappa shape index (κ2) is 10.2. The summed E-state index contributed by atoms with van der Waals surface area (Å²) < 4.78 is 26.7. The first-order chi connectivity index (χ1) is 13.7. The number of aliphatic imine (C=N–C) groups is 1. The zero-order chi connectivity index (χ0) is 19.8. The van der Waals surface area contributed by atoms with E-state index >= 15 is 0 Å². The van der Waals surface area contributed by atoms with Gasteiger partial charge in [-0.15, -0.1) is 0 Å². The zero-order valence-electron chi connectivity index (χ0n) is 16.2. The van der Waals surface area contributed by atoms with Gasteiger partial charge in [-0.2, -0.15) is 8.78 Å². The number of halogens is 2. The highest BCUT2D eigenvalue weighted by Gasteiger charge is 2.20. The van der Waals surface area contributed by atoms with Crippen molar-refractivity contribution in [1.29, 1.82) is 0 Å². The van der Waals surface area contributed by atoms with Crippen LogP contribution >= 0.6 is 0 Å². The van der Waals surface area contributed by atoms with Crippen molar-refractivity contribution in [3.05, 3.63) is 54.1 Å². The molecular formula is C20H28F2N6. The van der Waals surface area contributed by atoms with Crippen LogP contribution in [-0.4, -0.2) is 46.1 Å². The molecule has 152 valence electrons. The molecule has 0 radical (unpaired) electrons. The largest absolute Gasteiger partial charge is 0.357 e. The Morgan fingerprint density at radius 3 is 2.68 bits per heavy atom. The van der Waals surface area contributed by atoms with Crippen LogP contribution in [0.5, 0.6) is 0 Å². The Balaban J connectivity index is 1.51. The number of piperidine rings is 1. The summed E-state index contributed by atoms with van der Waals surface area (Å²) in [5, 5.41) is 6.63. The van der Waals surface area contributed by atoms with Gasteiger partial charge >= 0.3 is 6.55 Å². The van der Waals surface area contributed by atoms with Gasteiger partial charge in [0.2, 0.25) is 0 Å². The number of aromatic nitrogens is 2. The molecule has 2 aromatic rings. The topological polar surface area (TPSA) is 57.5 Å². The van der Waals surface area contributed by atoms with E-state index in [1.807, 2.05) is 13.0 Å². The van der Waals surface area contributed by atoms with Crippen molar-refractivity contribution in [3.8, 4) is 0 Å². The van der Waals surface area contributed by atoms with Crippen LogP contribution < -0.4 is 10.6 Å².